The van der Waals surface area contributed by atoms with E-state index in [-0.39, 0.29) is 0 Å². The Bertz CT molecular complexity index is 144. The third kappa shape index (κ3) is 1.38. The molecule has 12 heavy (non-hydrogen) atoms. The molecular weight excluding hydrogens is 148 g/mol. The van der Waals surface area contributed by atoms with Crippen LogP contribution in [0.3, 0.4) is 0 Å². The predicted octanol–water partition coefficient (Wildman–Crippen LogP) is 1.35. The first-order chi connectivity index (χ1) is 5.81. The van der Waals surface area contributed by atoms with E-state index < -0.39 is 0 Å². The van der Waals surface area contributed by atoms with Crippen LogP contribution >= 0.6 is 0 Å². The Morgan fingerprint density at radius 2 is 1.83 bits per heavy atom. The average molecular weight is 168 g/mol. The first-order valence-corrected chi connectivity index (χ1v) is 5.32. The summed E-state index contributed by atoms with van der Waals surface area (Å²) in [5, 5.41) is 0. The van der Waals surface area contributed by atoms with Gasteiger partial charge in [0.1, 0.15) is 0 Å². The van der Waals surface area contributed by atoms with Gasteiger partial charge in [0.05, 0.1) is 0 Å². The van der Waals surface area contributed by atoms with Gasteiger partial charge >= 0.3 is 0 Å². The molecule has 2 aliphatic rings. The highest BCUT2D eigenvalue weighted by molar-refractivity contribution is 4.93. The first kappa shape index (κ1) is 8.52. The molecule has 70 valence electrons. The Hall–Kier alpha value is -0.0800. The van der Waals surface area contributed by atoms with Crippen molar-refractivity contribution in [1.29, 1.82) is 0 Å². The minimum absolute atomic E-state index is 0.489. The van der Waals surface area contributed by atoms with Crippen molar-refractivity contribution in [3.8, 4) is 0 Å². The highest BCUT2D eigenvalue weighted by atomic mass is 15.2. The largest absolute Gasteiger partial charge is 0.328 e. The summed E-state index contributed by atoms with van der Waals surface area (Å²) in [5.41, 5.74) is 6.02. The van der Waals surface area contributed by atoms with E-state index >= 15 is 0 Å². The lowest BCUT2D eigenvalue weighted by Crippen LogP contribution is -2.54. The Labute approximate surface area is 75.1 Å². The molecule has 2 N–H and O–H groups in total. The summed E-state index contributed by atoms with van der Waals surface area (Å²) < 4.78 is 0. The molecule has 2 atom stereocenters. The second-order valence-corrected chi connectivity index (χ2v) is 4.30. The lowest BCUT2D eigenvalue weighted by Gasteiger charge is -2.47. The smallest absolute Gasteiger partial charge is 0.0113 e. The molecule has 2 aliphatic heterocycles. The second-order valence-electron chi connectivity index (χ2n) is 4.30. The summed E-state index contributed by atoms with van der Waals surface area (Å²) in [6, 6.07) is 2.12. The van der Waals surface area contributed by atoms with Crippen LogP contribution in [0.25, 0.3) is 0 Å². The molecule has 2 bridgehead atoms. The van der Waals surface area contributed by atoms with Crippen LogP contribution in [0.4, 0.5) is 0 Å². The summed E-state index contributed by atoms with van der Waals surface area (Å²) in [7, 11) is 0. The minimum atomic E-state index is 0.489. The van der Waals surface area contributed by atoms with Crippen LogP contribution in [0.1, 0.15) is 39.0 Å². The lowest BCUT2D eigenvalue weighted by molar-refractivity contribution is 0.0367. The molecule has 2 nitrogen and oxygen atoms in total. The molecule has 0 saturated carbocycles. The van der Waals surface area contributed by atoms with E-state index in [4.69, 9.17) is 5.73 Å². The van der Waals surface area contributed by atoms with Crippen LogP contribution in [0.2, 0.25) is 0 Å². The summed E-state index contributed by atoms with van der Waals surface area (Å²) in [6.45, 7) is 3.50. The number of nitrogens with zero attached hydrogens (tertiary/aromatic N) is 1. The highest BCUT2D eigenvalue weighted by Gasteiger charge is 2.35. The van der Waals surface area contributed by atoms with Crippen molar-refractivity contribution in [3.63, 3.8) is 0 Å². The first-order valence-electron chi connectivity index (χ1n) is 5.32. The van der Waals surface area contributed by atoms with Gasteiger partial charge in [-0.3, -0.25) is 4.90 Å². The Kier molecular flexibility index (Phi) is 2.37. The van der Waals surface area contributed by atoms with Gasteiger partial charge in [0.25, 0.3) is 0 Å². The average Bonchev–Trinajstić information content (AvgIpc) is 2.02. The van der Waals surface area contributed by atoms with Gasteiger partial charge in [-0.1, -0.05) is 13.3 Å². The van der Waals surface area contributed by atoms with Crippen molar-refractivity contribution in [2.45, 2.75) is 57.2 Å². The summed E-state index contributed by atoms with van der Waals surface area (Å²) >= 11 is 0. The Morgan fingerprint density at radius 3 is 2.33 bits per heavy atom. The number of nitrogens with two attached hydrogens (primary N) is 1. The number of fused-ring (bicyclic) bond motifs is 2. The molecule has 0 amide bonds. The Balaban J connectivity index is 2.06. The number of hydrogen-bond donors (Lipinski definition) is 1. The minimum Gasteiger partial charge on any atom is -0.328 e. The van der Waals surface area contributed by atoms with Gasteiger partial charge in [0.2, 0.25) is 0 Å². The normalized spacial score (nSPS) is 43.0. The number of hydrogen-bond acceptors (Lipinski definition) is 2. The van der Waals surface area contributed by atoms with Crippen LogP contribution in [-0.2, 0) is 0 Å². The van der Waals surface area contributed by atoms with Crippen LogP contribution in [0.15, 0.2) is 0 Å². The maximum atomic E-state index is 6.02. The molecule has 0 aromatic carbocycles. The quantitative estimate of drug-likeness (QED) is 0.640. The number of piperidine rings is 2. The third-order valence-electron chi connectivity index (χ3n) is 3.53. The molecule has 2 heteroatoms. The van der Waals surface area contributed by atoms with Crippen molar-refractivity contribution in [1.82, 2.24) is 4.90 Å². The zero-order valence-electron chi connectivity index (χ0n) is 8.00. The maximum absolute atomic E-state index is 6.02. The molecule has 2 rings (SSSR count). The fourth-order valence-corrected chi connectivity index (χ4v) is 3.04. The fourth-order valence-electron chi connectivity index (χ4n) is 3.04. The van der Waals surface area contributed by atoms with Crippen molar-refractivity contribution in [3.05, 3.63) is 0 Å². The molecule has 2 heterocycles. The summed E-state index contributed by atoms with van der Waals surface area (Å²) in [6.07, 6.45) is 6.68. The van der Waals surface area contributed by atoms with E-state index in [1.165, 1.54) is 38.6 Å². The van der Waals surface area contributed by atoms with E-state index in [0.29, 0.717) is 6.04 Å². The molecule has 0 aliphatic carbocycles. The second kappa shape index (κ2) is 3.35. The molecule has 2 saturated heterocycles. The van der Waals surface area contributed by atoms with Crippen LogP contribution in [-0.4, -0.2) is 29.6 Å². The van der Waals surface area contributed by atoms with Gasteiger partial charge < -0.3 is 5.73 Å². The van der Waals surface area contributed by atoms with Gasteiger partial charge in [-0.05, 0) is 32.2 Å². The molecular formula is C10H20N2. The van der Waals surface area contributed by atoms with E-state index in [2.05, 4.69) is 11.8 Å². The van der Waals surface area contributed by atoms with Crippen molar-refractivity contribution in [2.75, 3.05) is 6.54 Å². The van der Waals surface area contributed by atoms with Gasteiger partial charge in [0.15, 0.2) is 0 Å². The highest BCUT2D eigenvalue weighted by Crippen LogP contribution is 2.32. The van der Waals surface area contributed by atoms with Gasteiger partial charge in [0, 0.05) is 18.1 Å². The van der Waals surface area contributed by atoms with Crippen LogP contribution in [0.5, 0.6) is 0 Å². The molecule has 0 radical (unpaired) electrons. The van der Waals surface area contributed by atoms with E-state index in [1.807, 2.05) is 0 Å². The Morgan fingerprint density at radius 1 is 1.25 bits per heavy atom. The summed E-state index contributed by atoms with van der Waals surface area (Å²) in [5.74, 6) is 0. The van der Waals surface area contributed by atoms with Gasteiger partial charge in [-0.15, -0.1) is 0 Å². The molecule has 2 fully saturated rings. The van der Waals surface area contributed by atoms with E-state index in [0.717, 1.165) is 12.1 Å². The molecule has 0 aromatic heterocycles. The van der Waals surface area contributed by atoms with E-state index in [1.54, 1.807) is 0 Å². The van der Waals surface area contributed by atoms with Crippen LogP contribution < -0.4 is 5.73 Å². The molecule has 0 spiro atoms. The van der Waals surface area contributed by atoms with Crippen molar-refractivity contribution >= 4 is 0 Å². The number of rotatable bonds is 1. The van der Waals surface area contributed by atoms with Crippen LogP contribution in [0, 0.1) is 0 Å². The van der Waals surface area contributed by atoms with Crippen molar-refractivity contribution < 1.29 is 0 Å². The molecule has 0 aromatic rings. The maximum Gasteiger partial charge on any atom is 0.0113 e. The zero-order chi connectivity index (χ0) is 8.55. The molecule has 2 unspecified atom stereocenters. The fraction of sp³-hybridized carbons (Fsp3) is 1.00. The SMILES string of the molecule is CCN1C2CCCC1CC(N)C2. The topological polar surface area (TPSA) is 29.3 Å². The van der Waals surface area contributed by atoms with Gasteiger partial charge in [-0.2, -0.15) is 0 Å². The third-order valence-corrected chi connectivity index (χ3v) is 3.53. The predicted molar refractivity (Wildman–Crippen MR) is 51.0 cm³/mol. The van der Waals surface area contributed by atoms with Crippen molar-refractivity contribution in [2.24, 2.45) is 5.73 Å². The van der Waals surface area contributed by atoms with Gasteiger partial charge in [-0.25, -0.2) is 0 Å². The zero-order valence-corrected chi connectivity index (χ0v) is 8.00. The lowest BCUT2D eigenvalue weighted by atomic mass is 9.82. The van der Waals surface area contributed by atoms with E-state index in [9.17, 15) is 0 Å². The monoisotopic (exact) mass is 168 g/mol. The standard InChI is InChI=1S/C10H20N2/c1-2-12-9-4-3-5-10(12)7-8(11)6-9/h8-10H,2-7,11H2,1H3. The summed E-state index contributed by atoms with van der Waals surface area (Å²) in [4.78, 5) is 2.67.